The third-order valence-electron chi connectivity index (χ3n) is 3.21. The average molecular weight is 339 g/mol. The van der Waals surface area contributed by atoms with Crippen LogP contribution in [0.15, 0.2) is 15.4 Å². The molecule has 0 bridgehead atoms. The van der Waals surface area contributed by atoms with Crippen molar-refractivity contribution in [3.63, 3.8) is 0 Å². The normalized spacial score (nSPS) is 16.3. The van der Waals surface area contributed by atoms with E-state index in [1.807, 2.05) is 0 Å². The highest BCUT2D eigenvalue weighted by atomic mass is 35.5. The molecule has 0 saturated carbocycles. The third kappa shape index (κ3) is 4.19. The number of furan rings is 1. The van der Waals surface area contributed by atoms with Crippen LogP contribution in [0.25, 0.3) is 0 Å². The highest BCUT2D eigenvalue weighted by Crippen LogP contribution is 2.21. The van der Waals surface area contributed by atoms with Crippen molar-refractivity contribution in [2.45, 2.75) is 30.7 Å². The monoisotopic (exact) mass is 338 g/mol. The Hall–Kier alpha value is -1.09. The van der Waals surface area contributed by atoms with Crippen molar-refractivity contribution in [2.75, 3.05) is 20.2 Å². The third-order valence-corrected chi connectivity index (χ3v) is 4.84. The van der Waals surface area contributed by atoms with Gasteiger partial charge in [-0.05, 0) is 32.9 Å². The molecule has 0 spiro atoms. The molecule has 120 valence electrons. The van der Waals surface area contributed by atoms with Crippen LogP contribution in [-0.4, -0.2) is 40.6 Å². The molecule has 9 heteroatoms. The molecule has 2 rings (SSSR count). The molecule has 2 N–H and O–H groups in total. The van der Waals surface area contributed by atoms with E-state index in [-0.39, 0.29) is 34.9 Å². The lowest BCUT2D eigenvalue weighted by molar-refractivity contribution is 0.0563. The Labute approximate surface area is 129 Å². The minimum atomic E-state index is -3.69. The second-order valence-corrected chi connectivity index (χ2v) is 6.35. The summed E-state index contributed by atoms with van der Waals surface area (Å²) in [5, 5.41) is 3.16. The van der Waals surface area contributed by atoms with Crippen LogP contribution in [0.1, 0.15) is 29.2 Å². The van der Waals surface area contributed by atoms with Gasteiger partial charge in [0.05, 0.1) is 7.11 Å². The van der Waals surface area contributed by atoms with E-state index in [9.17, 15) is 13.2 Å². The molecule has 2 heterocycles. The smallest absolute Gasteiger partial charge is 0.373 e. The average Bonchev–Trinajstić information content (AvgIpc) is 2.81. The van der Waals surface area contributed by atoms with Crippen LogP contribution in [0, 0.1) is 6.92 Å². The second kappa shape index (κ2) is 7.26. The molecule has 21 heavy (non-hydrogen) atoms. The van der Waals surface area contributed by atoms with E-state index in [0.717, 1.165) is 25.9 Å². The first-order chi connectivity index (χ1) is 9.44. The van der Waals surface area contributed by atoms with Crippen LogP contribution in [0.3, 0.4) is 0 Å². The van der Waals surface area contributed by atoms with Gasteiger partial charge in [-0.15, -0.1) is 12.4 Å². The molecule has 0 unspecified atom stereocenters. The number of methoxy groups -OCH3 is 1. The maximum absolute atomic E-state index is 12.3. The molecule has 0 aliphatic carbocycles. The molecule has 0 atom stereocenters. The molecular formula is C12H19ClN2O5S. The van der Waals surface area contributed by atoms with E-state index < -0.39 is 16.0 Å². The number of aryl methyl sites for hydroxylation is 1. The SMILES string of the molecule is COC(=O)c1cc(S(=O)(=O)NC2CCNCC2)c(C)o1.Cl. The number of piperidine rings is 1. The fourth-order valence-electron chi connectivity index (χ4n) is 2.16. The summed E-state index contributed by atoms with van der Waals surface area (Å²) < 4.78 is 36.9. The Balaban J connectivity index is 0.00000220. The highest BCUT2D eigenvalue weighted by molar-refractivity contribution is 7.89. The van der Waals surface area contributed by atoms with Crippen molar-refractivity contribution in [2.24, 2.45) is 0 Å². The van der Waals surface area contributed by atoms with Gasteiger partial charge in [-0.3, -0.25) is 0 Å². The van der Waals surface area contributed by atoms with Crippen molar-refractivity contribution < 1.29 is 22.4 Å². The summed E-state index contributed by atoms with van der Waals surface area (Å²) in [6, 6.07) is 1.10. The summed E-state index contributed by atoms with van der Waals surface area (Å²) in [5.41, 5.74) is 0. The number of ether oxygens (including phenoxy) is 1. The highest BCUT2D eigenvalue weighted by Gasteiger charge is 2.27. The van der Waals surface area contributed by atoms with Gasteiger partial charge in [-0.2, -0.15) is 0 Å². The molecular weight excluding hydrogens is 320 g/mol. The Bertz CT molecular complexity index is 593. The molecule has 1 saturated heterocycles. The summed E-state index contributed by atoms with van der Waals surface area (Å²) in [7, 11) is -2.48. The summed E-state index contributed by atoms with van der Waals surface area (Å²) >= 11 is 0. The number of rotatable bonds is 4. The van der Waals surface area contributed by atoms with E-state index in [1.54, 1.807) is 0 Å². The maximum Gasteiger partial charge on any atom is 0.373 e. The van der Waals surface area contributed by atoms with Gasteiger partial charge in [-0.1, -0.05) is 0 Å². The van der Waals surface area contributed by atoms with E-state index in [0.29, 0.717) is 0 Å². The van der Waals surface area contributed by atoms with Gasteiger partial charge in [0.25, 0.3) is 0 Å². The van der Waals surface area contributed by atoms with Gasteiger partial charge >= 0.3 is 5.97 Å². The van der Waals surface area contributed by atoms with Crippen molar-refractivity contribution in [1.29, 1.82) is 0 Å². The molecule has 1 aliphatic rings. The second-order valence-electron chi connectivity index (χ2n) is 4.67. The first-order valence-corrected chi connectivity index (χ1v) is 7.84. The fourth-order valence-corrected chi connectivity index (χ4v) is 3.64. The lowest BCUT2D eigenvalue weighted by Gasteiger charge is -2.23. The number of esters is 1. The molecule has 1 aliphatic heterocycles. The largest absolute Gasteiger partial charge is 0.463 e. The van der Waals surface area contributed by atoms with Crippen LogP contribution in [0.5, 0.6) is 0 Å². The predicted octanol–water partition coefficient (Wildman–Crippen LogP) is 0.827. The Morgan fingerprint density at radius 1 is 1.43 bits per heavy atom. The zero-order chi connectivity index (χ0) is 14.8. The zero-order valence-electron chi connectivity index (χ0n) is 11.8. The minimum absolute atomic E-state index is 0. The summed E-state index contributed by atoms with van der Waals surface area (Å²) in [6.07, 6.45) is 1.47. The van der Waals surface area contributed by atoms with Crippen LogP contribution >= 0.6 is 12.4 Å². The first-order valence-electron chi connectivity index (χ1n) is 6.36. The number of carbonyl (C=O) groups excluding carboxylic acids is 1. The lowest BCUT2D eigenvalue weighted by atomic mass is 10.1. The van der Waals surface area contributed by atoms with Gasteiger partial charge in [0.1, 0.15) is 10.7 Å². The molecule has 1 fully saturated rings. The number of hydrogen-bond acceptors (Lipinski definition) is 6. The molecule has 0 aromatic carbocycles. The number of carbonyl (C=O) groups is 1. The van der Waals surface area contributed by atoms with E-state index in [2.05, 4.69) is 14.8 Å². The number of nitrogens with one attached hydrogen (secondary N) is 2. The molecule has 0 amide bonds. The quantitative estimate of drug-likeness (QED) is 0.789. The van der Waals surface area contributed by atoms with Crippen LogP contribution in [0.4, 0.5) is 0 Å². The summed E-state index contributed by atoms with van der Waals surface area (Å²) in [4.78, 5) is 11.3. The number of sulfonamides is 1. The Morgan fingerprint density at radius 2 is 2.05 bits per heavy atom. The van der Waals surface area contributed by atoms with Gasteiger partial charge in [0.2, 0.25) is 15.8 Å². The van der Waals surface area contributed by atoms with E-state index in [4.69, 9.17) is 4.42 Å². The fraction of sp³-hybridized carbons (Fsp3) is 0.583. The number of hydrogen-bond donors (Lipinski definition) is 2. The topological polar surface area (TPSA) is 97.6 Å². The van der Waals surface area contributed by atoms with Gasteiger partial charge in [-0.25, -0.2) is 17.9 Å². The van der Waals surface area contributed by atoms with E-state index >= 15 is 0 Å². The molecule has 7 nitrogen and oxygen atoms in total. The van der Waals surface area contributed by atoms with Crippen molar-refractivity contribution >= 4 is 28.4 Å². The number of halogens is 1. The summed E-state index contributed by atoms with van der Waals surface area (Å²) in [6.45, 7) is 3.07. The minimum Gasteiger partial charge on any atom is -0.463 e. The van der Waals surface area contributed by atoms with Gasteiger partial charge in [0.15, 0.2) is 0 Å². The van der Waals surface area contributed by atoms with E-state index in [1.165, 1.54) is 20.1 Å². The van der Waals surface area contributed by atoms with Crippen molar-refractivity contribution in [3.8, 4) is 0 Å². The van der Waals surface area contributed by atoms with Crippen LogP contribution in [0.2, 0.25) is 0 Å². The summed E-state index contributed by atoms with van der Waals surface area (Å²) in [5.74, 6) is -0.640. The zero-order valence-corrected chi connectivity index (χ0v) is 13.5. The molecule has 0 radical (unpaired) electrons. The Morgan fingerprint density at radius 3 is 2.62 bits per heavy atom. The first kappa shape index (κ1) is 18.0. The van der Waals surface area contributed by atoms with Crippen molar-refractivity contribution in [3.05, 3.63) is 17.6 Å². The standard InChI is InChI=1S/C12H18N2O5S.ClH/c1-8-11(7-10(19-8)12(15)18-2)20(16,17)14-9-3-5-13-6-4-9;/h7,9,13-14H,3-6H2,1-2H3;1H. The molecule has 1 aromatic heterocycles. The van der Waals surface area contributed by atoms with Crippen molar-refractivity contribution in [1.82, 2.24) is 10.0 Å². The lowest BCUT2D eigenvalue weighted by Crippen LogP contribution is -2.42. The molecule has 1 aromatic rings. The predicted molar refractivity (Wildman–Crippen MR) is 78.2 cm³/mol. The van der Waals surface area contributed by atoms with Gasteiger partial charge < -0.3 is 14.5 Å². The maximum atomic E-state index is 12.3. The van der Waals surface area contributed by atoms with Crippen LogP contribution < -0.4 is 10.0 Å². The van der Waals surface area contributed by atoms with Crippen LogP contribution in [-0.2, 0) is 14.8 Å². The Kier molecular flexibility index (Phi) is 6.21. The van der Waals surface area contributed by atoms with Gasteiger partial charge in [0, 0.05) is 12.1 Å².